The normalized spacial score (nSPS) is 68.6. The monoisotopic (exact) mass is 111 g/mol. The molecule has 0 aromatic rings. The average Bonchev–Trinajstić information content (AvgIpc) is 2.37. The van der Waals surface area contributed by atoms with Crippen LogP contribution in [0, 0.1) is 23.7 Å². The molecule has 2 N–H and O–H groups in total. The van der Waals surface area contributed by atoms with Crippen molar-refractivity contribution in [2.24, 2.45) is 29.4 Å². The molecular weight excluding hydrogens is 98.1 g/mol. The maximum Gasteiger partial charge on any atom is 0.0101 e. The van der Waals surface area contributed by atoms with Crippen LogP contribution in [0.2, 0.25) is 0 Å². The number of fused-ring (bicyclic) bond motifs is 1. The highest BCUT2D eigenvalue weighted by Gasteiger charge is 2.63. The van der Waals surface area contributed by atoms with Crippen LogP contribution in [0.5, 0.6) is 0 Å². The molecule has 0 aromatic carbocycles. The van der Waals surface area contributed by atoms with Gasteiger partial charge in [0.15, 0.2) is 0 Å². The topological polar surface area (TPSA) is 26.0 Å². The van der Waals surface area contributed by atoms with E-state index in [4.69, 9.17) is 5.73 Å². The van der Waals surface area contributed by atoms with Crippen LogP contribution in [0.1, 0.15) is 13.8 Å². The molecule has 0 heterocycles. The third kappa shape index (κ3) is 0.304. The first-order chi connectivity index (χ1) is 3.73. The van der Waals surface area contributed by atoms with Crippen LogP contribution in [-0.2, 0) is 0 Å². The Bertz CT molecular complexity index is 95.6. The lowest BCUT2D eigenvalue weighted by Gasteiger charge is -2.28. The van der Waals surface area contributed by atoms with Crippen molar-refractivity contribution in [3.63, 3.8) is 0 Å². The van der Waals surface area contributed by atoms with Gasteiger partial charge < -0.3 is 5.73 Å². The molecule has 1 nitrogen and oxygen atoms in total. The smallest absolute Gasteiger partial charge is 0.0101 e. The summed E-state index contributed by atoms with van der Waals surface area (Å²) in [5.41, 5.74) is 5.80. The van der Waals surface area contributed by atoms with E-state index in [9.17, 15) is 0 Å². The van der Waals surface area contributed by atoms with E-state index in [1.54, 1.807) is 0 Å². The molecule has 0 aliphatic heterocycles. The zero-order valence-corrected chi connectivity index (χ0v) is 5.46. The molecule has 5 atom stereocenters. The molecule has 1 heteroatoms. The largest absolute Gasteiger partial charge is 0.327 e. The van der Waals surface area contributed by atoms with Crippen molar-refractivity contribution in [2.75, 3.05) is 0 Å². The Balaban J connectivity index is 2.08. The summed E-state index contributed by atoms with van der Waals surface area (Å²) in [5.74, 6) is 3.73. The van der Waals surface area contributed by atoms with Gasteiger partial charge >= 0.3 is 0 Å². The lowest BCUT2D eigenvalue weighted by Crippen LogP contribution is -2.40. The Morgan fingerprint density at radius 3 is 1.75 bits per heavy atom. The van der Waals surface area contributed by atoms with Gasteiger partial charge in [-0.15, -0.1) is 0 Å². The van der Waals surface area contributed by atoms with Gasteiger partial charge in [-0.2, -0.15) is 0 Å². The van der Waals surface area contributed by atoms with Crippen LogP contribution in [0.15, 0.2) is 0 Å². The van der Waals surface area contributed by atoms with Gasteiger partial charge in [-0.3, -0.25) is 0 Å². The van der Waals surface area contributed by atoms with Crippen LogP contribution < -0.4 is 5.73 Å². The summed E-state index contributed by atoms with van der Waals surface area (Å²) in [6, 6.07) is 0.551. The summed E-state index contributed by atoms with van der Waals surface area (Å²) in [7, 11) is 0. The van der Waals surface area contributed by atoms with Crippen LogP contribution in [0.4, 0.5) is 0 Å². The first-order valence-electron chi connectivity index (χ1n) is 3.49. The van der Waals surface area contributed by atoms with Gasteiger partial charge in [-0.05, 0) is 23.7 Å². The Hall–Kier alpha value is -0.0400. The second kappa shape index (κ2) is 1.10. The van der Waals surface area contributed by atoms with E-state index in [0.717, 1.165) is 23.7 Å². The molecule has 46 valence electrons. The van der Waals surface area contributed by atoms with Crippen LogP contribution in [-0.4, -0.2) is 6.04 Å². The SMILES string of the molecule is CC1C(N)C2C(C)C12. The fourth-order valence-electron chi connectivity index (χ4n) is 2.42. The Morgan fingerprint density at radius 1 is 1.00 bits per heavy atom. The van der Waals surface area contributed by atoms with Gasteiger partial charge in [0.1, 0.15) is 0 Å². The van der Waals surface area contributed by atoms with Gasteiger partial charge in [-0.25, -0.2) is 0 Å². The maximum atomic E-state index is 5.80. The summed E-state index contributed by atoms with van der Waals surface area (Å²) < 4.78 is 0. The molecule has 0 amide bonds. The molecule has 5 unspecified atom stereocenters. The van der Waals surface area contributed by atoms with E-state index in [1.165, 1.54) is 0 Å². The lowest BCUT2D eigenvalue weighted by atomic mass is 9.82. The van der Waals surface area contributed by atoms with E-state index in [1.807, 2.05) is 0 Å². The van der Waals surface area contributed by atoms with E-state index in [2.05, 4.69) is 13.8 Å². The zero-order valence-electron chi connectivity index (χ0n) is 5.46. The van der Waals surface area contributed by atoms with Gasteiger partial charge in [0, 0.05) is 6.04 Å². The average molecular weight is 111 g/mol. The minimum Gasteiger partial charge on any atom is -0.327 e. The first-order valence-corrected chi connectivity index (χ1v) is 3.49. The van der Waals surface area contributed by atoms with Crippen molar-refractivity contribution in [3.05, 3.63) is 0 Å². The molecule has 0 saturated heterocycles. The predicted molar refractivity (Wildman–Crippen MR) is 33.3 cm³/mol. The zero-order chi connectivity index (χ0) is 5.89. The highest BCUT2D eigenvalue weighted by Crippen LogP contribution is 2.63. The minimum absolute atomic E-state index is 0.551. The summed E-state index contributed by atoms with van der Waals surface area (Å²) >= 11 is 0. The van der Waals surface area contributed by atoms with Crippen LogP contribution in [0.25, 0.3) is 0 Å². The van der Waals surface area contributed by atoms with Gasteiger partial charge in [-0.1, -0.05) is 13.8 Å². The second-order valence-corrected chi connectivity index (χ2v) is 3.45. The van der Waals surface area contributed by atoms with Crippen molar-refractivity contribution < 1.29 is 0 Å². The Morgan fingerprint density at radius 2 is 1.62 bits per heavy atom. The molecule has 2 saturated carbocycles. The van der Waals surface area contributed by atoms with Crippen molar-refractivity contribution >= 4 is 0 Å². The van der Waals surface area contributed by atoms with Crippen LogP contribution in [0.3, 0.4) is 0 Å². The number of nitrogens with two attached hydrogens (primary N) is 1. The summed E-state index contributed by atoms with van der Waals surface area (Å²) in [6.07, 6.45) is 0. The quantitative estimate of drug-likeness (QED) is 0.492. The maximum absolute atomic E-state index is 5.80. The Labute approximate surface area is 50.3 Å². The molecule has 0 bridgehead atoms. The third-order valence-corrected chi connectivity index (χ3v) is 3.18. The van der Waals surface area contributed by atoms with Crippen molar-refractivity contribution in [1.29, 1.82) is 0 Å². The van der Waals surface area contributed by atoms with E-state index in [0.29, 0.717) is 6.04 Å². The fraction of sp³-hybridized carbons (Fsp3) is 1.00. The molecule has 8 heavy (non-hydrogen) atoms. The molecule has 2 aliphatic carbocycles. The van der Waals surface area contributed by atoms with Gasteiger partial charge in [0.05, 0.1) is 0 Å². The highest BCUT2D eigenvalue weighted by atomic mass is 14.8. The van der Waals surface area contributed by atoms with E-state index >= 15 is 0 Å². The highest BCUT2D eigenvalue weighted by molar-refractivity contribution is 5.14. The van der Waals surface area contributed by atoms with E-state index < -0.39 is 0 Å². The van der Waals surface area contributed by atoms with Gasteiger partial charge in [0.2, 0.25) is 0 Å². The van der Waals surface area contributed by atoms with Crippen LogP contribution >= 0.6 is 0 Å². The first kappa shape index (κ1) is 4.80. The van der Waals surface area contributed by atoms with Crippen molar-refractivity contribution in [2.45, 2.75) is 19.9 Å². The summed E-state index contributed by atoms with van der Waals surface area (Å²) in [5, 5.41) is 0. The van der Waals surface area contributed by atoms with Crippen molar-refractivity contribution in [3.8, 4) is 0 Å². The molecule has 0 radical (unpaired) electrons. The lowest BCUT2D eigenvalue weighted by molar-refractivity contribution is 0.256. The standard InChI is InChI=1S/C7H13N/c1-3-5-4(2)7(8)6(3)5/h3-7H,8H2,1-2H3. The van der Waals surface area contributed by atoms with E-state index in [-0.39, 0.29) is 0 Å². The molecule has 2 fully saturated rings. The second-order valence-electron chi connectivity index (χ2n) is 3.45. The molecule has 2 rings (SSSR count). The molecule has 2 aliphatic rings. The molecular formula is C7H13N. The summed E-state index contributed by atoms with van der Waals surface area (Å²) in [4.78, 5) is 0. The third-order valence-electron chi connectivity index (χ3n) is 3.18. The minimum atomic E-state index is 0.551. The number of hydrogen-bond donors (Lipinski definition) is 1. The number of rotatable bonds is 0. The van der Waals surface area contributed by atoms with Gasteiger partial charge in [0.25, 0.3) is 0 Å². The molecule has 0 spiro atoms. The predicted octanol–water partition coefficient (Wildman–Crippen LogP) is 0.846. The Kier molecular flexibility index (Phi) is 0.663. The summed E-state index contributed by atoms with van der Waals surface area (Å²) in [6.45, 7) is 4.59. The fourth-order valence-corrected chi connectivity index (χ4v) is 2.42. The molecule has 0 aromatic heterocycles. The number of hydrogen-bond acceptors (Lipinski definition) is 1. The van der Waals surface area contributed by atoms with Crippen molar-refractivity contribution in [1.82, 2.24) is 0 Å².